The number of nitrogens with one attached hydrogen (secondary N) is 1. The SMILES string of the molecule is CCOC(=O)c1c(NC(=O)CSc2nc(-c3ccccc3)nc3c(CC)cccc23)sc(C(C)=O)c1C. The van der Waals surface area contributed by atoms with Gasteiger partial charge in [0.2, 0.25) is 5.91 Å². The standard InChI is InChI=1S/C28H27N3O4S2/c1-5-18-13-10-14-20-23(18)30-25(19-11-8-7-9-12-19)31-26(20)36-15-21(33)29-27-22(28(34)35-6-2)16(3)24(37-27)17(4)32/h7-14H,5-6,15H2,1-4H3,(H,29,33). The van der Waals surface area contributed by atoms with Gasteiger partial charge in [0.15, 0.2) is 11.6 Å². The van der Waals surface area contributed by atoms with E-state index in [0.29, 0.717) is 26.3 Å². The van der Waals surface area contributed by atoms with Crippen LogP contribution in [0.15, 0.2) is 53.6 Å². The maximum absolute atomic E-state index is 13.0. The molecule has 1 amide bonds. The van der Waals surface area contributed by atoms with Gasteiger partial charge in [-0.3, -0.25) is 9.59 Å². The van der Waals surface area contributed by atoms with Gasteiger partial charge in [-0.15, -0.1) is 11.3 Å². The van der Waals surface area contributed by atoms with Crippen LogP contribution < -0.4 is 5.32 Å². The van der Waals surface area contributed by atoms with Gasteiger partial charge in [-0.05, 0) is 38.3 Å². The number of rotatable bonds is 9. The minimum absolute atomic E-state index is 0.0608. The maximum Gasteiger partial charge on any atom is 0.341 e. The van der Waals surface area contributed by atoms with Crippen LogP contribution in [0, 0.1) is 6.92 Å². The molecule has 0 atom stereocenters. The summed E-state index contributed by atoms with van der Waals surface area (Å²) in [6, 6.07) is 15.7. The van der Waals surface area contributed by atoms with Crippen LogP contribution in [0.5, 0.6) is 0 Å². The van der Waals surface area contributed by atoms with Crippen molar-refractivity contribution in [2.75, 3.05) is 17.7 Å². The van der Waals surface area contributed by atoms with Gasteiger partial charge in [0, 0.05) is 10.9 Å². The molecule has 2 heterocycles. The van der Waals surface area contributed by atoms with Crippen molar-refractivity contribution in [1.82, 2.24) is 9.97 Å². The van der Waals surface area contributed by atoms with Crippen LogP contribution in [-0.2, 0) is 16.0 Å². The molecule has 2 aromatic carbocycles. The van der Waals surface area contributed by atoms with Gasteiger partial charge in [0.25, 0.3) is 0 Å². The van der Waals surface area contributed by atoms with Crippen LogP contribution in [-0.4, -0.2) is 40.0 Å². The summed E-state index contributed by atoms with van der Waals surface area (Å²) >= 11 is 2.39. The third kappa shape index (κ3) is 5.73. The van der Waals surface area contributed by atoms with Gasteiger partial charge in [0.1, 0.15) is 10.0 Å². The Hall–Kier alpha value is -3.56. The highest BCUT2D eigenvalue weighted by molar-refractivity contribution is 8.00. The quantitative estimate of drug-likeness (QED) is 0.116. The van der Waals surface area contributed by atoms with Crippen molar-refractivity contribution in [3.8, 4) is 11.4 Å². The summed E-state index contributed by atoms with van der Waals surface area (Å²) in [5.74, 6) is -0.387. The van der Waals surface area contributed by atoms with Crippen molar-refractivity contribution in [3.05, 3.63) is 70.1 Å². The lowest BCUT2D eigenvalue weighted by Crippen LogP contribution is -2.16. The van der Waals surface area contributed by atoms with E-state index in [1.54, 1.807) is 13.8 Å². The molecule has 4 rings (SSSR count). The first-order valence-corrected chi connectivity index (χ1v) is 13.7. The fraction of sp³-hybridized carbons (Fsp3) is 0.250. The number of amides is 1. The van der Waals surface area contributed by atoms with Gasteiger partial charge >= 0.3 is 5.97 Å². The summed E-state index contributed by atoms with van der Waals surface area (Å²) in [7, 11) is 0. The molecule has 0 unspecified atom stereocenters. The molecular weight excluding hydrogens is 506 g/mol. The number of fused-ring (bicyclic) bond motifs is 1. The topological polar surface area (TPSA) is 98.2 Å². The number of ether oxygens (including phenoxy) is 1. The van der Waals surface area contributed by atoms with Crippen molar-refractivity contribution < 1.29 is 19.1 Å². The average Bonchev–Trinajstić information content (AvgIpc) is 3.23. The molecule has 2 aromatic heterocycles. The summed E-state index contributed by atoms with van der Waals surface area (Å²) in [4.78, 5) is 47.7. The number of nitrogens with zero attached hydrogens (tertiary/aromatic N) is 2. The lowest BCUT2D eigenvalue weighted by atomic mass is 10.1. The van der Waals surface area contributed by atoms with E-state index < -0.39 is 5.97 Å². The Morgan fingerprint density at radius 1 is 1.03 bits per heavy atom. The lowest BCUT2D eigenvalue weighted by Gasteiger charge is -2.11. The Balaban J connectivity index is 1.64. The molecule has 9 heteroatoms. The van der Waals surface area contributed by atoms with Crippen LogP contribution in [0.3, 0.4) is 0 Å². The fourth-order valence-corrected chi connectivity index (χ4v) is 5.90. The molecule has 0 spiro atoms. The van der Waals surface area contributed by atoms with Crippen molar-refractivity contribution >= 4 is 56.7 Å². The molecule has 0 aliphatic rings. The van der Waals surface area contributed by atoms with E-state index in [-0.39, 0.29) is 29.6 Å². The van der Waals surface area contributed by atoms with Gasteiger partial charge in [-0.25, -0.2) is 14.8 Å². The predicted octanol–water partition coefficient (Wildman–Crippen LogP) is 6.34. The summed E-state index contributed by atoms with van der Waals surface area (Å²) in [5, 5.41) is 4.72. The van der Waals surface area contributed by atoms with E-state index in [4.69, 9.17) is 14.7 Å². The smallest absolute Gasteiger partial charge is 0.341 e. The van der Waals surface area contributed by atoms with Crippen LogP contribution in [0.4, 0.5) is 5.00 Å². The van der Waals surface area contributed by atoms with Crippen LogP contribution in [0.25, 0.3) is 22.3 Å². The number of Topliss-reactive ketones (excluding diaryl/α,β-unsaturated/α-hetero) is 1. The molecule has 0 radical (unpaired) electrons. The minimum Gasteiger partial charge on any atom is -0.462 e. The second-order valence-electron chi connectivity index (χ2n) is 8.26. The molecule has 4 aromatic rings. The van der Waals surface area contributed by atoms with Crippen molar-refractivity contribution in [1.29, 1.82) is 0 Å². The number of para-hydroxylation sites is 1. The molecule has 0 bridgehead atoms. The summed E-state index contributed by atoms with van der Waals surface area (Å²) in [5.41, 5.74) is 3.60. The normalized spacial score (nSPS) is 10.9. The van der Waals surface area contributed by atoms with Gasteiger partial charge < -0.3 is 10.1 Å². The maximum atomic E-state index is 13.0. The Bertz CT molecular complexity index is 1480. The largest absolute Gasteiger partial charge is 0.462 e. The average molecular weight is 534 g/mol. The van der Waals surface area contributed by atoms with Crippen LogP contribution in [0.2, 0.25) is 0 Å². The summed E-state index contributed by atoms with van der Waals surface area (Å²) < 4.78 is 5.16. The third-order valence-electron chi connectivity index (χ3n) is 5.73. The van der Waals surface area contributed by atoms with Crippen molar-refractivity contribution in [2.45, 2.75) is 39.1 Å². The van der Waals surface area contributed by atoms with Crippen molar-refractivity contribution in [3.63, 3.8) is 0 Å². The summed E-state index contributed by atoms with van der Waals surface area (Å²) in [6.45, 7) is 7.10. The third-order valence-corrected chi connectivity index (χ3v) is 8.03. The van der Waals surface area contributed by atoms with Crippen LogP contribution in [0.1, 0.15) is 51.9 Å². The van der Waals surface area contributed by atoms with E-state index in [0.717, 1.165) is 39.8 Å². The number of anilines is 1. The number of hydrogen-bond donors (Lipinski definition) is 1. The van der Waals surface area contributed by atoms with Gasteiger partial charge in [-0.2, -0.15) is 0 Å². The predicted molar refractivity (Wildman–Crippen MR) is 149 cm³/mol. The van der Waals surface area contributed by atoms with Crippen molar-refractivity contribution in [2.24, 2.45) is 0 Å². The number of aryl methyl sites for hydroxylation is 1. The fourth-order valence-electron chi connectivity index (χ4n) is 3.98. The van der Waals surface area contributed by atoms with E-state index in [9.17, 15) is 14.4 Å². The van der Waals surface area contributed by atoms with E-state index in [2.05, 4.69) is 12.2 Å². The second kappa shape index (κ2) is 11.7. The monoisotopic (exact) mass is 533 g/mol. The minimum atomic E-state index is -0.562. The molecule has 190 valence electrons. The molecule has 1 N–H and O–H groups in total. The number of thiophene rings is 1. The second-order valence-corrected chi connectivity index (χ2v) is 10.2. The zero-order valence-electron chi connectivity index (χ0n) is 21.1. The van der Waals surface area contributed by atoms with E-state index >= 15 is 0 Å². The Labute approximate surface area is 223 Å². The zero-order valence-corrected chi connectivity index (χ0v) is 22.7. The number of carbonyl (C=O) groups is 3. The molecule has 0 fully saturated rings. The molecular formula is C28H27N3O4S2. The number of thioether (sulfide) groups is 1. The molecule has 0 saturated heterocycles. The summed E-state index contributed by atoms with van der Waals surface area (Å²) in [6.07, 6.45) is 0.819. The molecule has 0 saturated carbocycles. The van der Waals surface area contributed by atoms with E-state index in [1.807, 2.05) is 48.5 Å². The Morgan fingerprint density at radius 3 is 2.46 bits per heavy atom. The van der Waals surface area contributed by atoms with Gasteiger partial charge in [-0.1, -0.05) is 67.2 Å². The molecule has 0 aliphatic heterocycles. The number of aromatic nitrogens is 2. The van der Waals surface area contributed by atoms with Crippen LogP contribution >= 0.6 is 23.1 Å². The first kappa shape index (κ1) is 26.5. The van der Waals surface area contributed by atoms with Gasteiger partial charge in [0.05, 0.1) is 28.3 Å². The highest BCUT2D eigenvalue weighted by Gasteiger charge is 2.25. The number of carbonyl (C=O) groups excluding carboxylic acids is 3. The Kier molecular flexibility index (Phi) is 8.35. The van der Waals surface area contributed by atoms with E-state index in [1.165, 1.54) is 18.7 Å². The number of benzene rings is 2. The lowest BCUT2D eigenvalue weighted by molar-refractivity contribution is -0.113. The highest BCUT2D eigenvalue weighted by Crippen LogP contribution is 2.35. The first-order valence-electron chi connectivity index (χ1n) is 11.9. The molecule has 7 nitrogen and oxygen atoms in total. The molecule has 37 heavy (non-hydrogen) atoms. The highest BCUT2D eigenvalue weighted by atomic mass is 32.2. The molecule has 0 aliphatic carbocycles. The number of ketones is 1. The first-order chi connectivity index (χ1) is 17.8. The number of hydrogen-bond acceptors (Lipinski definition) is 8. The zero-order chi connectivity index (χ0) is 26.5. The number of esters is 1. The Morgan fingerprint density at radius 2 is 1.78 bits per heavy atom.